The molecular formula is C70H52N2O. The lowest BCUT2D eigenvalue weighted by Gasteiger charge is -2.31. The van der Waals surface area contributed by atoms with Gasteiger partial charge < -0.3 is 14.5 Å². The van der Waals surface area contributed by atoms with E-state index in [9.17, 15) is 0 Å². The summed E-state index contributed by atoms with van der Waals surface area (Å²) >= 11 is 0. The van der Waals surface area contributed by atoms with Gasteiger partial charge in [-0.15, -0.1) is 0 Å². The molecule has 11 aromatic carbocycles. The van der Waals surface area contributed by atoms with E-state index in [2.05, 4.69) is 280 Å². The second kappa shape index (κ2) is 16.3. The topological polar surface area (TPSA) is 15.7 Å². The van der Waals surface area contributed by atoms with E-state index in [1.807, 2.05) is 0 Å². The van der Waals surface area contributed by atoms with Gasteiger partial charge in [0, 0.05) is 61.7 Å². The molecule has 0 atom stereocenters. The Morgan fingerprint density at radius 2 is 0.712 bits per heavy atom. The molecular weight excluding hydrogens is 885 g/mol. The monoisotopic (exact) mass is 936 g/mol. The highest BCUT2D eigenvalue weighted by Crippen LogP contribution is 2.55. The first-order valence-electron chi connectivity index (χ1n) is 25.5. The molecule has 1 aliphatic heterocycles. The molecule has 0 spiro atoms. The predicted octanol–water partition coefficient (Wildman–Crippen LogP) is 19.5. The maximum absolute atomic E-state index is 7.13. The summed E-state index contributed by atoms with van der Waals surface area (Å²) in [4.78, 5) is 4.82. The zero-order valence-electron chi connectivity index (χ0n) is 41.4. The van der Waals surface area contributed by atoms with Crippen LogP contribution in [-0.2, 0) is 10.8 Å². The average Bonchev–Trinajstić information content (AvgIpc) is 3.81. The maximum atomic E-state index is 7.13. The molecule has 3 nitrogen and oxygen atoms in total. The Labute approximate surface area is 427 Å². The zero-order chi connectivity index (χ0) is 49.0. The maximum Gasteiger partial charge on any atom is 0.137 e. The van der Waals surface area contributed by atoms with E-state index in [0.717, 1.165) is 67.5 Å². The van der Waals surface area contributed by atoms with Gasteiger partial charge in [0.05, 0.1) is 5.69 Å². The minimum absolute atomic E-state index is 0.144. The second-order valence-corrected chi connectivity index (χ2v) is 20.9. The fraction of sp³-hybridized carbons (Fsp3) is 0.0857. The van der Waals surface area contributed by atoms with Crippen molar-refractivity contribution < 1.29 is 4.74 Å². The lowest BCUT2D eigenvalue weighted by atomic mass is 9.82. The van der Waals surface area contributed by atoms with Crippen LogP contribution in [0.5, 0.6) is 11.5 Å². The summed E-state index contributed by atoms with van der Waals surface area (Å²) in [5.74, 6) is 1.68. The van der Waals surface area contributed by atoms with Gasteiger partial charge in [0.15, 0.2) is 0 Å². The predicted molar refractivity (Wildman–Crippen MR) is 305 cm³/mol. The molecule has 11 aromatic rings. The Morgan fingerprint density at radius 3 is 1.27 bits per heavy atom. The van der Waals surface area contributed by atoms with Gasteiger partial charge in [-0.05, 0) is 145 Å². The van der Waals surface area contributed by atoms with Crippen molar-refractivity contribution in [3.63, 3.8) is 0 Å². The molecule has 2 aliphatic carbocycles. The van der Waals surface area contributed by atoms with Crippen LogP contribution in [-0.4, -0.2) is 0 Å². The first kappa shape index (κ1) is 42.9. The van der Waals surface area contributed by atoms with E-state index in [0.29, 0.717) is 0 Å². The standard InChI is InChI=1S/C70H52N2O/c1-69(2)61-24-13-11-20-54(61)56-37-34-51(42-63(56)69)71(49-30-26-47(27-31-49)45-16-7-5-8-17-45)53-36-39-58-59-22-15-23-60-65(40-41-66(68(59)60)73-67(58)44-53)72(50-32-28-48(29-33-50)46-18-9-6-10-19-46)52-35-38-57-55-21-12-14-25-62(55)70(3,4)64(57)43-52/h5-44H,1-4H3. The molecule has 0 N–H and O–H groups in total. The summed E-state index contributed by atoms with van der Waals surface area (Å²) < 4.78 is 7.13. The van der Waals surface area contributed by atoms with E-state index in [1.165, 1.54) is 66.8 Å². The Hall–Kier alpha value is -8.92. The smallest absolute Gasteiger partial charge is 0.137 e. The molecule has 0 fully saturated rings. The molecule has 3 aliphatic rings. The van der Waals surface area contributed by atoms with Crippen LogP contribution in [0, 0.1) is 0 Å². The molecule has 0 unspecified atom stereocenters. The highest BCUT2D eigenvalue weighted by molar-refractivity contribution is 6.11. The number of benzene rings is 11. The van der Waals surface area contributed by atoms with Crippen LogP contribution in [0.25, 0.3) is 66.4 Å². The van der Waals surface area contributed by atoms with E-state index in [-0.39, 0.29) is 10.8 Å². The fourth-order valence-corrected chi connectivity index (χ4v) is 12.3. The van der Waals surface area contributed by atoms with Gasteiger partial charge in [0.2, 0.25) is 0 Å². The van der Waals surface area contributed by atoms with Crippen LogP contribution >= 0.6 is 0 Å². The van der Waals surface area contributed by atoms with E-state index in [4.69, 9.17) is 4.74 Å². The third kappa shape index (κ3) is 6.72. The van der Waals surface area contributed by atoms with Crippen molar-refractivity contribution in [1.29, 1.82) is 0 Å². The molecule has 348 valence electrons. The molecule has 0 amide bonds. The minimum Gasteiger partial charge on any atom is -0.456 e. The van der Waals surface area contributed by atoms with Gasteiger partial charge in [0.25, 0.3) is 0 Å². The van der Waals surface area contributed by atoms with Crippen LogP contribution in [0.3, 0.4) is 0 Å². The van der Waals surface area contributed by atoms with Crippen LogP contribution in [0.2, 0.25) is 0 Å². The highest BCUT2D eigenvalue weighted by atomic mass is 16.5. The molecule has 0 saturated heterocycles. The third-order valence-electron chi connectivity index (χ3n) is 16.1. The van der Waals surface area contributed by atoms with Crippen molar-refractivity contribution in [3.8, 4) is 67.1 Å². The molecule has 0 saturated carbocycles. The third-order valence-corrected chi connectivity index (χ3v) is 16.1. The van der Waals surface area contributed by atoms with Crippen molar-refractivity contribution in [1.82, 2.24) is 0 Å². The van der Waals surface area contributed by atoms with E-state index in [1.54, 1.807) is 0 Å². The SMILES string of the molecule is CC1(C)c2ccccc2-c2ccc(N(c3ccc(-c4ccccc4)cc3)c3ccc4c(c3)Oc3ccc(N(c5ccc(-c6ccccc6)cc5)c5ccc6c(c5)C(C)(C)c5ccccc5-6)c5cccc-4c35)cc21. The minimum atomic E-state index is -0.148. The van der Waals surface area contributed by atoms with Gasteiger partial charge in [-0.3, -0.25) is 0 Å². The number of ether oxygens (including phenoxy) is 1. The molecule has 14 rings (SSSR count). The molecule has 0 radical (unpaired) electrons. The van der Waals surface area contributed by atoms with E-state index >= 15 is 0 Å². The molecule has 0 aromatic heterocycles. The summed E-state index contributed by atoms with van der Waals surface area (Å²) in [5.41, 5.74) is 23.8. The summed E-state index contributed by atoms with van der Waals surface area (Å²) in [7, 11) is 0. The normalized spacial score (nSPS) is 13.8. The summed E-state index contributed by atoms with van der Waals surface area (Å²) in [6, 6.07) is 88.9. The van der Waals surface area contributed by atoms with Crippen LogP contribution in [0.1, 0.15) is 49.9 Å². The summed E-state index contributed by atoms with van der Waals surface area (Å²) in [5, 5.41) is 2.23. The van der Waals surface area contributed by atoms with Gasteiger partial charge in [-0.2, -0.15) is 0 Å². The highest BCUT2D eigenvalue weighted by Gasteiger charge is 2.38. The lowest BCUT2D eigenvalue weighted by molar-refractivity contribution is 0.487. The number of fused-ring (bicyclic) bond motifs is 8. The largest absolute Gasteiger partial charge is 0.456 e. The second-order valence-electron chi connectivity index (χ2n) is 20.9. The average molecular weight is 937 g/mol. The van der Waals surface area contributed by atoms with Crippen molar-refractivity contribution >= 4 is 44.9 Å². The first-order valence-corrected chi connectivity index (χ1v) is 25.5. The Morgan fingerprint density at radius 1 is 0.288 bits per heavy atom. The van der Waals surface area contributed by atoms with Crippen LogP contribution < -0.4 is 14.5 Å². The quantitative estimate of drug-likeness (QED) is 0.151. The number of anilines is 6. The lowest BCUT2D eigenvalue weighted by Crippen LogP contribution is -2.17. The molecule has 3 heteroatoms. The Bertz CT molecular complexity index is 3980. The van der Waals surface area contributed by atoms with E-state index < -0.39 is 0 Å². The van der Waals surface area contributed by atoms with Gasteiger partial charge in [-0.1, -0.05) is 191 Å². The Balaban J connectivity index is 0.894. The van der Waals surface area contributed by atoms with Crippen molar-refractivity contribution in [2.75, 3.05) is 9.80 Å². The van der Waals surface area contributed by atoms with Gasteiger partial charge in [-0.25, -0.2) is 0 Å². The van der Waals surface area contributed by atoms with Gasteiger partial charge >= 0.3 is 0 Å². The first-order chi connectivity index (χ1) is 35.7. The molecule has 73 heavy (non-hydrogen) atoms. The van der Waals surface area contributed by atoms with Gasteiger partial charge in [0.1, 0.15) is 11.5 Å². The van der Waals surface area contributed by atoms with Crippen molar-refractivity contribution in [3.05, 3.63) is 265 Å². The number of nitrogens with zero attached hydrogens (tertiary/aromatic N) is 2. The summed E-state index contributed by atoms with van der Waals surface area (Å²) in [6.45, 7) is 9.41. The number of hydrogen-bond donors (Lipinski definition) is 0. The summed E-state index contributed by atoms with van der Waals surface area (Å²) in [6.07, 6.45) is 0. The van der Waals surface area contributed by atoms with Crippen molar-refractivity contribution in [2.24, 2.45) is 0 Å². The van der Waals surface area contributed by atoms with Crippen LogP contribution in [0.15, 0.2) is 243 Å². The molecule has 0 bridgehead atoms. The number of hydrogen-bond acceptors (Lipinski definition) is 3. The molecule has 1 heterocycles. The van der Waals surface area contributed by atoms with Crippen molar-refractivity contribution in [2.45, 2.75) is 38.5 Å². The Kier molecular flexibility index (Phi) is 9.59. The number of rotatable bonds is 8. The van der Waals surface area contributed by atoms with Crippen LogP contribution in [0.4, 0.5) is 34.1 Å². The zero-order valence-corrected chi connectivity index (χ0v) is 41.4. The fourth-order valence-electron chi connectivity index (χ4n) is 12.3.